The zero-order chi connectivity index (χ0) is 20.6. The summed E-state index contributed by atoms with van der Waals surface area (Å²) in [6.45, 7) is 7.87. The maximum Gasteiger partial charge on any atom is 0.220 e. The molecule has 3 heterocycles. The fourth-order valence-corrected chi connectivity index (χ4v) is 4.32. The van der Waals surface area contributed by atoms with Crippen molar-refractivity contribution >= 4 is 29.0 Å². The highest BCUT2D eigenvalue weighted by Gasteiger charge is 2.24. The fraction of sp³-hybridized carbons (Fsp3) is 0.476. The van der Waals surface area contributed by atoms with Crippen molar-refractivity contribution in [2.24, 2.45) is 16.6 Å². The van der Waals surface area contributed by atoms with E-state index in [0.717, 1.165) is 56.4 Å². The van der Waals surface area contributed by atoms with Crippen LogP contribution in [0.15, 0.2) is 34.8 Å². The normalized spacial score (nSPS) is 15.4. The van der Waals surface area contributed by atoms with E-state index in [-0.39, 0.29) is 11.8 Å². The SMILES string of the molecule is CCNC(=NCc1cccnc1N1CCC(C(N)=O)CC1)NCc1sccc1C. The second-order valence-corrected chi connectivity index (χ2v) is 8.23. The van der Waals surface area contributed by atoms with E-state index >= 15 is 0 Å². The molecule has 0 saturated carbocycles. The molecule has 156 valence electrons. The number of pyridine rings is 1. The number of anilines is 1. The maximum absolute atomic E-state index is 11.4. The van der Waals surface area contributed by atoms with E-state index in [4.69, 9.17) is 10.7 Å². The Morgan fingerprint density at radius 2 is 2.14 bits per heavy atom. The monoisotopic (exact) mass is 414 g/mol. The molecule has 0 unspecified atom stereocenters. The summed E-state index contributed by atoms with van der Waals surface area (Å²) in [7, 11) is 0. The van der Waals surface area contributed by atoms with E-state index in [0.29, 0.717) is 6.54 Å². The highest BCUT2D eigenvalue weighted by atomic mass is 32.1. The van der Waals surface area contributed by atoms with E-state index in [1.807, 2.05) is 12.3 Å². The second-order valence-electron chi connectivity index (χ2n) is 7.23. The average molecular weight is 415 g/mol. The first kappa shape index (κ1) is 21.1. The highest BCUT2D eigenvalue weighted by molar-refractivity contribution is 7.10. The van der Waals surface area contributed by atoms with Gasteiger partial charge in [-0.05, 0) is 49.8 Å². The maximum atomic E-state index is 11.4. The number of nitrogens with one attached hydrogen (secondary N) is 2. The number of rotatable bonds is 7. The lowest BCUT2D eigenvalue weighted by Crippen LogP contribution is -2.39. The molecule has 2 aromatic rings. The third kappa shape index (κ3) is 5.69. The lowest BCUT2D eigenvalue weighted by atomic mass is 9.96. The molecule has 0 spiro atoms. The number of amides is 1. The van der Waals surface area contributed by atoms with Crippen LogP contribution in [0, 0.1) is 12.8 Å². The van der Waals surface area contributed by atoms with Gasteiger partial charge in [0, 0.05) is 42.2 Å². The number of carbonyl (C=O) groups is 1. The molecule has 29 heavy (non-hydrogen) atoms. The Bertz CT molecular complexity index is 841. The number of carbonyl (C=O) groups excluding carboxylic acids is 1. The van der Waals surface area contributed by atoms with Gasteiger partial charge in [0.15, 0.2) is 5.96 Å². The predicted molar refractivity (Wildman–Crippen MR) is 119 cm³/mol. The molecule has 0 radical (unpaired) electrons. The zero-order valence-electron chi connectivity index (χ0n) is 17.1. The molecule has 1 saturated heterocycles. The Balaban J connectivity index is 1.66. The van der Waals surface area contributed by atoms with Gasteiger partial charge < -0.3 is 21.3 Å². The van der Waals surface area contributed by atoms with Gasteiger partial charge in [0.1, 0.15) is 5.82 Å². The first-order chi connectivity index (χ1) is 14.1. The summed E-state index contributed by atoms with van der Waals surface area (Å²) in [6.07, 6.45) is 3.36. The number of hydrogen-bond donors (Lipinski definition) is 3. The topological polar surface area (TPSA) is 95.6 Å². The molecule has 0 atom stereocenters. The molecule has 1 aliphatic rings. The molecule has 8 heteroatoms. The van der Waals surface area contributed by atoms with Crippen LogP contribution in [0.2, 0.25) is 0 Å². The van der Waals surface area contributed by atoms with Crippen molar-refractivity contribution in [3.05, 3.63) is 45.8 Å². The van der Waals surface area contributed by atoms with Crippen molar-refractivity contribution in [2.45, 2.75) is 39.8 Å². The van der Waals surface area contributed by atoms with Crippen LogP contribution in [0.25, 0.3) is 0 Å². The van der Waals surface area contributed by atoms with Gasteiger partial charge in [-0.1, -0.05) is 6.07 Å². The van der Waals surface area contributed by atoms with Crippen LogP contribution in [0.5, 0.6) is 0 Å². The van der Waals surface area contributed by atoms with Crippen LogP contribution in [0.1, 0.15) is 35.8 Å². The molecule has 0 aliphatic carbocycles. The lowest BCUT2D eigenvalue weighted by Gasteiger charge is -2.32. The number of aliphatic imine (C=N–C) groups is 1. The minimum Gasteiger partial charge on any atom is -0.369 e. The van der Waals surface area contributed by atoms with Gasteiger partial charge in [-0.25, -0.2) is 9.98 Å². The average Bonchev–Trinajstić information content (AvgIpc) is 3.15. The first-order valence-electron chi connectivity index (χ1n) is 10.1. The van der Waals surface area contributed by atoms with Crippen molar-refractivity contribution < 1.29 is 4.79 Å². The number of guanidine groups is 1. The Labute approximate surface area is 176 Å². The summed E-state index contributed by atoms with van der Waals surface area (Å²) < 4.78 is 0. The smallest absolute Gasteiger partial charge is 0.220 e. The number of aryl methyl sites for hydroxylation is 1. The van der Waals surface area contributed by atoms with Crippen LogP contribution in [-0.4, -0.2) is 36.5 Å². The molecule has 0 bridgehead atoms. The van der Waals surface area contributed by atoms with Crippen molar-refractivity contribution in [2.75, 3.05) is 24.5 Å². The predicted octanol–water partition coefficient (Wildman–Crippen LogP) is 2.41. The number of nitrogens with two attached hydrogens (primary N) is 1. The van der Waals surface area contributed by atoms with Gasteiger partial charge in [0.05, 0.1) is 13.1 Å². The minimum atomic E-state index is -0.196. The number of primary amides is 1. The zero-order valence-corrected chi connectivity index (χ0v) is 18.0. The fourth-order valence-electron chi connectivity index (χ4n) is 3.47. The third-order valence-electron chi connectivity index (χ3n) is 5.20. The second kappa shape index (κ2) is 10.2. The molecule has 1 aliphatic heterocycles. The number of thiophene rings is 1. The molecule has 0 aromatic carbocycles. The number of nitrogens with zero attached hydrogens (tertiary/aromatic N) is 3. The summed E-state index contributed by atoms with van der Waals surface area (Å²) in [6, 6.07) is 6.15. The van der Waals surface area contributed by atoms with E-state index < -0.39 is 0 Å². The summed E-state index contributed by atoms with van der Waals surface area (Å²) in [5.74, 6) is 1.52. The molecule has 1 amide bonds. The van der Waals surface area contributed by atoms with Crippen molar-refractivity contribution in [3.63, 3.8) is 0 Å². The van der Waals surface area contributed by atoms with Gasteiger partial charge in [-0.15, -0.1) is 11.3 Å². The first-order valence-corrected chi connectivity index (χ1v) is 11.0. The number of piperidine rings is 1. The van der Waals surface area contributed by atoms with Crippen LogP contribution in [0.4, 0.5) is 5.82 Å². The summed E-state index contributed by atoms with van der Waals surface area (Å²) in [4.78, 5) is 24.3. The standard InChI is InChI=1S/C21H30N6OS/c1-3-23-21(26-14-18-15(2)8-12-29-18)25-13-17-5-4-9-24-20(17)27-10-6-16(7-11-27)19(22)28/h4-5,8-9,12,16H,3,6-7,10-11,13-14H2,1-2H3,(H2,22,28)(H2,23,25,26). The van der Waals surface area contributed by atoms with Crippen LogP contribution in [-0.2, 0) is 17.9 Å². The number of hydrogen-bond acceptors (Lipinski definition) is 5. The van der Waals surface area contributed by atoms with Gasteiger partial charge >= 0.3 is 0 Å². The van der Waals surface area contributed by atoms with Crippen LogP contribution in [0.3, 0.4) is 0 Å². The van der Waals surface area contributed by atoms with E-state index in [1.165, 1.54) is 10.4 Å². The van der Waals surface area contributed by atoms with Gasteiger partial charge in [-0.2, -0.15) is 0 Å². The van der Waals surface area contributed by atoms with Crippen molar-refractivity contribution in [3.8, 4) is 0 Å². The van der Waals surface area contributed by atoms with Gasteiger partial charge in [0.2, 0.25) is 5.91 Å². The summed E-state index contributed by atoms with van der Waals surface area (Å²) in [5, 5.41) is 8.84. The Hall–Kier alpha value is -2.61. The molecule has 3 rings (SSSR count). The molecule has 7 nitrogen and oxygen atoms in total. The molecular formula is C21H30N6OS. The van der Waals surface area contributed by atoms with Gasteiger partial charge in [-0.3, -0.25) is 4.79 Å². The highest BCUT2D eigenvalue weighted by Crippen LogP contribution is 2.25. The van der Waals surface area contributed by atoms with Crippen molar-refractivity contribution in [1.82, 2.24) is 15.6 Å². The van der Waals surface area contributed by atoms with Gasteiger partial charge in [0.25, 0.3) is 0 Å². The Kier molecular flexibility index (Phi) is 7.46. The van der Waals surface area contributed by atoms with E-state index in [9.17, 15) is 4.79 Å². The van der Waals surface area contributed by atoms with Crippen LogP contribution >= 0.6 is 11.3 Å². The largest absolute Gasteiger partial charge is 0.369 e. The Morgan fingerprint density at radius 1 is 1.34 bits per heavy atom. The number of aromatic nitrogens is 1. The Morgan fingerprint density at radius 3 is 2.79 bits per heavy atom. The minimum absolute atomic E-state index is 0.0262. The van der Waals surface area contributed by atoms with E-state index in [2.05, 4.69) is 51.9 Å². The molecule has 1 fully saturated rings. The third-order valence-corrected chi connectivity index (χ3v) is 6.22. The lowest BCUT2D eigenvalue weighted by molar-refractivity contribution is -0.122. The quantitative estimate of drug-likeness (QED) is 0.478. The molecular weight excluding hydrogens is 384 g/mol. The van der Waals surface area contributed by atoms with Crippen molar-refractivity contribution in [1.29, 1.82) is 0 Å². The van der Waals surface area contributed by atoms with Crippen LogP contribution < -0.4 is 21.3 Å². The van der Waals surface area contributed by atoms with E-state index in [1.54, 1.807) is 11.3 Å². The molecule has 2 aromatic heterocycles. The summed E-state index contributed by atoms with van der Waals surface area (Å²) in [5.41, 5.74) is 7.84. The summed E-state index contributed by atoms with van der Waals surface area (Å²) >= 11 is 1.75. The molecule has 4 N–H and O–H groups in total.